The van der Waals surface area contributed by atoms with E-state index in [4.69, 9.17) is 0 Å². The maximum absolute atomic E-state index is 3.06. The van der Waals surface area contributed by atoms with Crippen LogP contribution in [0.2, 0.25) is 39.3 Å². The SMILES string of the molecule is CC(C)c1cccc(C(C)C)c1N1CC2CCCN(C2)C1N([Si](C)(C)C)[Si](C)(C)C. The molecule has 2 aliphatic heterocycles. The zero-order valence-electron chi connectivity index (χ0n) is 21.4. The van der Waals surface area contributed by atoms with Crippen LogP contribution in [0.1, 0.15) is 63.5 Å². The van der Waals surface area contributed by atoms with Gasteiger partial charge in [-0.25, -0.2) is 0 Å². The molecule has 0 aromatic heterocycles. The van der Waals surface area contributed by atoms with Crippen LogP contribution >= 0.6 is 0 Å². The quantitative estimate of drug-likeness (QED) is 0.450. The first kappa shape index (κ1) is 24.0. The molecule has 3 unspecified atom stereocenters. The fourth-order valence-corrected chi connectivity index (χ4v) is 16.1. The van der Waals surface area contributed by atoms with Crippen LogP contribution in [0.5, 0.6) is 0 Å². The summed E-state index contributed by atoms with van der Waals surface area (Å²) in [6.07, 6.45) is 3.18. The lowest BCUT2D eigenvalue weighted by molar-refractivity contribution is 0.0415. The van der Waals surface area contributed by atoms with Gasteiger partial charge in [-0.1, -0.05) is 85.2 Å². The fraction of sp³-hybridized carbons (Fsp3) is 0.760. The van der Waals surface area contributed by atoms with Gasteiger partial charge in [0, 0.05) is 25.3 Å². The van der Waals surface area contributed by atoms with E-state index in [9.17, 15) is 0 Å². The maximum atomic E-state index is 3.06. The molecule has 0 saturated carbocycles. The fourth-order valence-electron chi connectivity index (χ4n) is 6.08. The maximum Gasteiger partial charge on any atom is 0.127 e. The number of hydrogen-bond donors (Lipinski definition) is 0. The van der Waals surface area contributed by atoms with E-state index >= 15 is 0 Å². The first-order chi connectivity index (χ1) is 13.8. The molecule has 170 valence electrons. The summed E-state index contributed by atoms with van der Waals surface area (Å²) >= 11 is 0. The number of para-hydroxylation sites is 1. The molecule has 0 spiro atoms. The largest absolute Gasteiger partial charge is 0.343 e. The lowest BCUT2D eigenvalue weighted by atomic mass is 9.89. The van der Waals surface area contributed by atoms with Crippen molar-refractivity contribution >= 4 is 22.2 Å². The molecule has 0 amide bonds. The van der Waals surface area contributed by atoms with Crippen LogP contribution in [-0.4, -0.2) is 51.5 Å². The molecule has 3 nitrogen and oxygen atoms in total. The summed E-state index contributed by atoms with van der Waals surface area (Å²) in [5, 5.41) is 0. The first-order valence-electron chi connectivity index (χ1n) is 12.2. The number of piperidine rings is 1. The number of benzene rings is 1. The monoisotopic (exact) mass is 445 g/mol. The Morgan fingerprint density at radius 1 is 0.867 bits per heavy atom. The van der Waals surface area contributed by atoms with Gasteiger partial charge in [0.2, 0.25) is 0 Å². The molecule has 0 N–H and O–H groups in total. The second kappa shape index (κ2) is 8.72. The van der Waals surface area contributed by atoms with Gasteiger partial charge in [0.15, 0.2) is 0 Å². The molecule has 5 heteroatoms. The van der Waals surface area contributed by atoms with Crippen molar-refractivity contribution in [3.63, 3.8) is 0 Å². The molecule has 0 aliphatic carbocycles. The van der Waals surface area contributed by atoms with E-state index in [1.165, 1.54) is 32.5 Å². The van der Waals surface area contributed by atoms with E-state index < -0.39 is 16.5 Å². The van der Waals surface area contributed by atoms with Crippen molar-refractivity contribution in [1.29, 1.82) is 0 Å². The number of fused-ring (bicyclic) bond motifs is 2. The summed E-state index contributed by atoms with van der Waals surface area (Å²) in [6.45, 7) is 28.6. The summed E-state index contributed by atoms with van der Waals surface area (Å²) in [5.41, 5.74) is 4.64. The van der Waals surface area contributed by atoms with Gasteiger partial charge in [0.1, 0.15) is 22.8 Å². The second-order valence-corrected chi connectivity index (χ2v) is 22.4. The Kier molecular flexibility index (Phi) is 6.98. The van der Waals surface area contributed by atoms with Crippen molar-refractivity contribution in [3.8, 4) is 0 Å². The minimum atomic E-state index is -1.52. The predicted molar refractivity (Wildman–Crippen MR) is 139 cm³/mol. The lowest BCUT2D eigenvalue weighted by Gasteiger charge is -2.61. The lowest BCUT2D eigenvalue weighted by Crippen LogP contribution is -2.75. The molecule has 2 fully saturated rings. The van der Waals surface area contributed by atoms with Gasteiger partial charge in [0.05, 0.1) is 0 Å². The highest BCUT2D eigenvalue weighted by molar-refractivity contribution is 6.89. The van der Waals surface area contributed by atoms with Crippen molar-refractivity contribution in [2.75, 3.05) is 24.5 Å². The zero-order valence-corrected chi connectivity index (χ0v) is 23.4. The van der Waals surface area contributed by atoms with Gasteiger partial charge in [-0.2, -0.15) is 0 Å². The average Bonchev–Trinajstić information content (AvgIpc) is 2.61. The van der Waals surface area contributed by atoms with Gasteiger partial charge in [0.25, 0.3) is 0 Å². The molecule has 3 atom stereocenters. The van der Waals surface area contributed by atoms with Crippen LogP contribution in [0.4, 0.5) is 5.69 Å². The normalized spacial score (nSPS) is 25.5. The highest BCUT2D eigenvalue weighted by Gasteiger charge is 2.48. The van der Waals surface area contributed by atoms with E-state index in [1.807, 2.05) is 0 Å². The van der Waals surface area contributed by atoms with E-state index in [1.54, 1.807) is 16.8 Å². The number of rotatable bonds is 6. The summed E-state index contributed by atoms with van der Waals surface area (Å²) in [6, 6.07) is 7.09. The van der Waals surface area contributed by atoms with Crippen molar-refractivity contribution in [2.45, 2.75) is 97.9 Å². The average molecular weight is 446 g/mol. The third-order valence-electron chi connectivity index (χ3n) is 6.92. The molecule has 2 aliphatic rings. The molecule has 2 bridgehead atoms. The van der Waals surface area contributed by atoms with Crippen LogP contribution in [0, 0.1) is 5.92 Å². The highest BCUT2D eigenvalue weighted by Crippen LogP contribution is 2.42. The van der Waals surface area contributed by atoms with Crippen molar-refractivity contribution in [2.24, 2.45) is 5.92 Å². The predicted octanol–water partition coefficient (Wildman–Crippen LogP) is 6.72. The second-order valence-electron chi connectivity index (χ2n) is 12.3. The van der Waals surface area contributed by atoms with Crippen molar-refractivity contribution in [1.82, 2.24) is 9.13 Å². The number of nitrogens with zero attached hydrogens (tertiary/aromatic N) is 3. The van der Waals surface area contributed by atoms with E-state index in [-0.39, 0.29) is 0 Å². The van der Waals surface area contributed by atoms with E-state index in [2.05, 4.69) is 99.2 Å². The molecule has 30 heavy (non-hydrogen) atoms. The Morgan fingerprint density at radius 3 is 1.87 bits per heavy atom. The summed E-state index contributed by atoms with van der Waals surface area (Å²) in [7, 11) is -3.04. The Hall–Kier alpha value is -0.626. The van der Waals surface area contributed by atoms with Gasteiger partial charge in [-0.15, -0.1) is 0 Å². The van der Waals surface area contributed by atoms with Crippen molar-refractivity contribution in [3.05, 3.63) is 29.3 Å². The summed E-state index contributed by atoms with van der Waals surface area (Å²) < 4.78 is 3.06. The molecule has 3 rings (SSSR count). The molecule has 2 heterocycles. The summed E-state index contributed by atoms with van der Waals surface area (Å²) in [4.78, 5) is 5.74. The smallest absolute Gasteiger partial charge is 0.127 e. The van der Waals surface area contributed by atoms with Crippen molar-refractivity contribution < 1.29 is 0 Å². The topological polar surface area (TPSA) is 9.72 Å². The van der Waals surface area contributed by atoms with E-state index in [0.717, 1.165) is 5.92 Å². The minimum absolute atomic E-state index is 0.428. The van der Waals surface area contributed by atoms with Crippen LogP contribution in [-0.2, 0) is 0 Å². The van der Waals surface area contributed by atoms with Crippen LogP contribution in [0.3, 0.4) is 0 Å². The Morgan fingerprint density at radius 2 is 1.40 bits per heavy atom. The minimum Gasteiger partial charge on any atom is -0.343 e. The Balaban J connectivity index is 2.23. The van der Waals surface area contributed by atoms with Gasteiger partial charge < -0.3 is 9.13 Å². The Bertz CT molecular complexity index is 693. The zero-order chi connectivity index (χ0) is 22.4. The Labute approximate surface area is 189 Å². The summed E-state index contributed by atoms with van der Waals surface area (Å²) in [5.74, 6) is 1.90. The van der Waals surface area contributed by atoms with Crippen LogP contribution < -0.4 is 4.90 Å². The van der Waals surface area contributed by atoms with E-state index in [0.29, 0.717) is 18.1 Å². The molecular weight excluding hydrogens is 398 g/mol. The molecule has 2 saturated heterocycles. The van der Waals surface area contributed by atoms with Crippen LogP contribution in [0.25, 0.3) is 0 Å². The molecule has 1 aromatic carbocycles. The number of anilines is 1. The van der Waals surface area contributed by atoms with Gasteiger partial charge in [-0.05, 0) is 41.7 Å². The highest BCUT2D eigenvalue weighted by atomic mass is 28.4. The third-order valence-corrected chi connectivity index (χ3v) is 14.3. The number of hydrogen-bond acceptors (Lipinski definition) is 3. The van der Waals surface area contributed by atoms with Crippen LogP contribution in [0.15, 0.2) is 18.2 Å². The standard InChI is InChI=1S/C25H47N3Si2/c1-19(2)22-14-11-15-23(20(3)4)24(22)27-18-21-13-12-16-26(17-21)25(27)28(29(5,6)7)30(8,9)10/h11,14-15,19-21,25H,12-13,16-18H2,1-10H3. The first-order valence-corrected chi connectivity index (χ1v) is 19.1. The third kappa shape index (κ3) is 4.74. The van der Waals surface area contributed by atoms with Gasteiger partial charge in [-0.3, -0.25) is 4.90 Å². The van der Waals surface area contributed by atoms with Gasteiger partial charge >= 0.3 is 0 Å². The molecular formula is C25H47N3Si2. The molecule has 1 aromatic rings. The molecule has 0 radical (unpaired) electrons.